The van der Waals surface area contributed by atoms with E-state index in [0.29, 0.717) is 0 Å². The number of nitrogens with two attached hydrogens (primary N) is 2. The molecule has 0 radical (unpaired) electrons. The van der Waals surface area contributed by atoms with Crippen LogP contribution in [0.3, 0.4) is 0 Å². The van der Waals surface area contributed by atoms with E-state index in [9.17, 15) is 0 Å². The molecule has 4 N–H and O–H groups in total. The van der Waals surface area contributed by atoms with Crippen LogP contribution in [0.25, 0.3) is 0 Å². The first kappa shape index (κ1) is 6.46. The molecule has 0 aromatic heterocycles. The summed E-state index contributed by atoms with van der Waals surface area (Å²) in [5.74, 6) is 0. The third-order valence-corrected chi connectivity index (χ3v) is 1.80. The maximum atomic E-state index is 5.63. The van der Waals surface area contributed by atoms with E-state index in [1.54, 1.807) is 0 Å². The predicted molar refractivity (Wildman–Crippen MR) is 38.5 cm³/mol. The number of hydrogen-bond acceptors (Lipinski definition) is 2. The van der Waals surface area contributed by atoms with Crippen molar-refractivity contribution in [1.29, 1.82) is 0 Å². The van der Waals surface area contributed by atoms with E-state index < -0.39 is 0 Å². The quantitative estimate of drug-likeness (QED) is 0.510. The van der Waals surface area contributed by atoms with Gasteiger partial charge >= 0.3 is 0 Å². The Morgan fingerprint density at radius 1 is 0.778 bits per heavy atom. The van der Waals surface area contributed by atoms with Crippen LogP contribution in [0.5, 0.6) is 0 Å². The molecule has 0 aromatic rings. The average molecular weight is 126 g/mol. The number of allylic oxidation sites excluding steroid dienone is 2. The Labute approximate surface area is 55.9 Å². The molecule has 0 unspecified atom stereocenters. The van der Waals surface area contributed by atoms with Crippen molar-refractivity contribution in [2.24, 2.45) is 11.5 Å². The lowest BCUT2D eigenvalue weighted by molar-refractivity contribution is 0.704. The fourth-order valence-electron chi connectivity index (χ4n) is 1.13. The summed E-state index contributed by atoms with van der Waals surface area (Å²) >= 11 is 0. The molecule has 0 aliphatic heterocycles. The van der Waals surface area contributed by atoms with Gasteiger partial charge in [-0.2, -0.15) is 0 Å². The van der Waals surface area contributed by atoms with Gasteiger partial charge in [0.1, 0.15) is 0 Å². The van der Waals surface area contributed by atoms with Crippen molar-refractivity contribution < 1.29 is 0 Å². The molecule has 0 bridgehead atoms. The van der Waals surface area contributed by atoms with Gasteiger partial charge in [0.25, 0.3) is 0 Å². The van der Waals surface area contributed by atoms with Crippen LogP contribution in [0.2, 0.25) is 0 Å². The minimum atomic E-state index is 0.924. The van der Waals surface area contributed by atoms with Crippen LogP contribution in [0.1, 0.15) is 32.1 Å². The van der Waals surface area contributed by atoms with Gasteiger partial charge < -0.3 is 11.5 Å². The van der Waals surface area contributed by atoms with E-state index in [4.69, 9.17) is 11.5 Å². The van der Waals surface area contributed by atoms with Crippen LogP contribution in [-0.4, -0.2) is 0 Å². The van der Waals surface area contributed by atoms with Gasteiger partial charge in [-0.25, -0.2) is 0 Å². The summed E-state index contributed by atoms with van der Waals surface area (Å²) < 4.78 is 0. The SMILES string of the molecule is NC1=C(N)CCCCC1. The Morgan fingerprint density at radius 3 is 1.67 bits per heavy atom. The van der Waals surface area contributed by atoms with Crippen molar-refractivity contribution in [2.45, 2.75) is 32.1 Å². The summed E-state index contributed by atoms with van der Waals surface area (Å²) in [5, 5.41) is 0. The van der Waals surface area contributed by atoms with E-state index in [1.807, 2.05) is 0 Å². The zero-order valence-electron chi connectivity index (χ0n) is 5.69. The second-order valence-corrected chi connectivity index (χ2v) is 2.61. The van der Waals surface area contributed by atoms with E-state index >= 15 is 0 Å². The summed E-state index contributed by atoms with van der Waals surface area (Å²) in [4.78, 5) is 0. The highest BCUT2D eigenvalue weighted by Crippen LogP contribution is 2.16. The van der Waals surface area contributed by atoms with E-state index in [2.05, 4.69) is 0 Å². The average Bonchev–Trinajstić information content (AvgIpc) is 1.99. The predicted octanol–water partition coefficient (Wildman–Crippen LogP) is 1.08. The Bertz CT molecular complexity index is 113. The van der Waals surface area contributed by atoms with E-state index in [-0.39, 0.29) is 0 Å². The van der Waals surface area contributed by atoms with Crippen LogP contribution in [-0.2, 0) is 0 Å². The first-order valence-electron chi connectivity index (χ1n) is 3.53. The maximum absolute atomic E-state index is 5.63. The fraction of sp³-hybridized carbons (Fsp3) is 0.714. The smallest absolute Gasteiger partial charge is 0.0271 e. The first-order chi connectivity index (χ1) is 4.30. The molecule has 0 fully saturated rings. The normalized spacial score (nSPS) is 21.8. The molecule has 0 saturated heterocycles. The van der Waals surface area contributed by atoms with Gasteiger partial charge in [0.05, 0.1) is 0 Å². The minimum absolute atomic E-state index is 0.924. The van der Waals surface area contributed by atoms with Gasteiger partial charge in [0, 0.05) is 11.4 Å². The topological polar surface area (TPSA) is 52.0 Å². The molecule has 0 aromatic carbocycles. The zero-order valence-corrected chi connectivity index (χ0v) is 5.69. The van der Waals surface area contributed by atoms with Gasteiger partial charge in [-0.05, 0) is 25.7 Å². The van der Waals surface area contributed by atoms with Crippen molar-refractivity contribution in [3.8, 4) is 0 Å². The van der Waals surface area contributed by atoms with Crippen molar-refractivity contribution >= 4 is 0 Å². The summed E-state index contributed by atoms with van der Waals surface area (Å²) in [6, 6.07) is 0. The third kappa shape index (κ3) is 1.63. The molecule has 0 amide bonds. The molecule has 52 valence electrons. The van der Waals surface area contributed by atoms with Gasteiger partial charge in [0.2, 0.25) is 0 Å². The van der Waals surface area contributed by atoms with Crippen LogP contribution in [0.15, 0.2) is 11.4 Å². The molecule has 1 aliphatic rings. The van der Waals surface area contributed by atoms with Gasteiger partial charge in [-0.3, -0.25) is 0 Å². The van der Waals surface area contributed by atoms with Crippen molar-refractivity contribution in [1.82, 2.24) is 0 Å². The Kier molecular flexibility index (Phi) is 1.98. The molecule has 2 nitrogen and oxygen atoms in total. The number of hydrogen-bond donors (Lipinski definition) is 2. The molecule has 0 atom stereocenters. The summed E-state index contributed by atoms with van der Waals surface area (Å²) in [7, 11) is 0. The Hall–Kier alpha value is -0.660. The van der Waals surface area contributed by atoms with Crippen LogP contribution in [0.4, 0.5) is 0 Å². The lowest BCUT2D eigenvalue weighted by atomic mass is 10.2. The molecule has 0 heterocycles. The molecule has 0 spiro atoms. The maximum Gasteiger partial charge on any atom is 0.0271 e. The van der Waals surface area contributed by atoms with Crippen LogP contribution < -0.4 is 11.5 Å². The highest BCUT2D eigenvalue weighted by atomic mass is 14.7. The summed E-state index contributed by atoms with van der Waals surface area (Å²) in [6.07, 6.45) is 5.72. The third-order valence-electron chi connectivity index (χ3n) is 1.80. The Balaban J connectivity index is 2.55. The van der Waals surface area contributed by atoms with Crippen molar-refractivity contribution in [2.75, 3.05) is 0 Å². The van der Waals surface area contributed by atoms with E-state index in [1.165, 1.54) is 19.3 Å². The minimum Gasteiger partial charge on any atom is -0.401 e. The zero-order chi connectivity index (χ0) is 6.69. The molecular weight excluding hydrogens is 112 g/mol. The van der Waals surface area contributed by atoms with Gasteiger partial charge in [-0.1, -0.05) is 6.42 Å². The second kappa shape index (κ2) is 2.76. The standard InChI is InChI=1S/C7H14N2/c8-6-4-2-1-3-5-7(6)9/h1-5,8-9H2. The number of rotatable bonds is 0. The molecular formula is C7H14N2. The fourth-order valence-corrected chi connectivity index (χ4v) is 1.13. The molecule has 0 saturated carbocycles. The lowest BCUT2D eigenvalue weighted by Crippen LogP contribution is -2.07. The highest BCUT2D eigenvalue weighted by molar-refractivity contribution is 5.08. The van der Waals surface area contributed by atoms with Crippen LogP contribution in [0, 0.1) is 0 Å². The second-order valence-electron chi connectivity index (χ2n) is 2.61. The van der Waals surface area contributed by atoms with Gasteiger partial charge in [0.15, 0.2) is 0 Å². The van der Waals surface area contributed by atoms with Crippen LogP contribution >= 0.6 is 0 Å². The Morgan fingerprint density at radius 2 is 1.22 bits per heavy atom. The molecule has 9 heavy (non-hydrogen) atoms. The van der Waals surface area contributed by atoms with E-state index in [0.717, 1.165) is 24.2 Å². The van der Waals surface area contributed by atoms with Gasteiger partial charge in [-0.15, -0.1) is 0 Å². The summed E-state index contributed by atoms with van der Waals surface area (Å²) in [6.45, 7) is 0. The first-order valence-corrected chi connectivity index (χ1v) is 3.53. The summed E-state index contributed by atoms with van der Waals surface area (Å²) in [5.41, 5.74) is 13.1. The lowest BCUT2D eigenvalue weighted by Gasteiger charge is -1.99. The largest absolute Gasteiger partial charge is 0.401 e. The highest BCUT2D eigenvalue weighted by Gasteiger charge is 2.03. The van der Waals surface area contributed by atoms with Crippen molar-refractivity contribution in [3.05, 3.63) is 11.4 Å². The molecule has 1 aliphatic carbocycles. The molecule has 1 rings (SSSR count). The molecule has 2 heteroatoms. The van der Waals surface area contributed by atoms with Crippen molar-refractivity contribution in [3.63, 3.8) is 0 Å². The monoisotopic (exact) mass is 126 g/mol.